The second-order valence-corrected chi connectivity index (χ2v) is 10.8. The second-order valence-electron chi connectivity index (χ2n) is 10.6. The van der Waals surface area contributed by atoms with E-state index in [4.69, 9.17) is 40.0 Å². The number of hydrogen-bond donors (Lipinski definition) is 0. The highest BCUT2D eigenvalue weighted by atomic mass is 35.5. The number of aromatic nitrogens is 3. The van der Waals surface area contributed by atoms with E-state index in [1.807, 2.05) is 0 Å². The van der Waals surface area contributed by atoms with Crippen molar-refractivity contribution < 1.29 is 57.2 Å². The predicted molar refractivity (Wildman–Crippen MR) is 144 cm³/mol. The van der Waals surface area contributed by atoms with Gasteiger partial charge >= 0.3 is 29.8 Å². The summed E-state index contributed by atoms with van der Waals surface area (Å²) >= 11 is 5.77. The number of carbonyl (C=O) groups excluding carboxylic acids is 6. The van der Waals surface area contributed by atoms with Gasteiger partial charge in [-0.25, -0.2) is 4.68 Å². The first-order valence-corrected chi connectivity index (χ1v) is 13.8. The van der Waals surface area contributed by atoms with Crippen LogP contribution in [0.4, 0.5) is 0 Å². The van der Waals surface area contributed by atoms with Crippen molar-refractivity contribution in [2.75, 3.05) is 19.0 Å². The molecule has 0 radical (unpaired) electrons. The van der Waals surface area contributed by atoms with Crippen molar-refractivity contribution in [3.05, 3.63) is 11.9 Å². The first-order valence-electron chi connectivity index (χ1n) is 13.3. The molecule has 5 atom stereocenters. The molecule has 2 rings (SSSR count). The Morgan fingerprint density at radius 3 is 2.05 bits per heavy atom. The number of esters is 5. The SMILES string of the molecule is CC(=O)OC[C@H]1O[C@@H](n2cc(CN(CCC(=O)OC(C)(C)C)C(=O)CCl)nn2)[C@H](OC(C)=O)[C@@H](OC(C)=O)[C@H]1OC(C)=O. The van der Waals surface area contributed by atoms with Gasteiger partial charge in [0.2, 0.25) is 5.91 Å². The van der Waals surface area contributed by atoms with E-state index in [0.717, 1.165) is 32.4 Å². The number of halogens is 1. The van der Waals surface area contributed by atoms with Crippen LogP contribution in [-0.2, 0) is 63.7 Å². The first-order chi connectivity index (χ1) is 20.0. The van der Waals surface area contributed by atoms with Crippen LogP contribution in [0.1, 0.15) is 66.8 Å². The molecular formula is C26H37ClN4O12. The van der Waals surface area contributed by atoms with Gasteiger partial charge in [-0.3, -0.25) is 28.8 Å². The van der Waals surface area contributed by atoms with Crippen LogP contribution in [0.3, 0.4) is 0 Å². The zero-order valence-corrected chi connectivity index (χ0v) is 25.8. The molecule has 0 aromatic carbocycles. The van der Waals surface area contributed by atoms with Crippen molar-refractivity contribution in [1.82, 2.24) is 19.9 Å². The van der Waals surface area contributed by atoms with Crippen LogP contribution in [0, 0.1) is 0 Å². The Balaban J connectivity index is 2.41. The summed E-state index contributed by atoms with van der Waals surface area (Å²) in [6.45, 7) is 9.10. The first kappa shape index (κ1) is 35.4. The van der Waals surface area contributed by atoms with Gasteiger partial charge in [-0.05, 0) is 20.8 Å². The molecular weight excluding hydrogens is 596 g/mol. The lowest BCUT2D eigenvalue weighted by atomic mass is 9.97. The molecule has 17 heteroatoms. The standard InChI is InChI=1S/C26H37ClN4O12/c1-14(32)38-13-19-22(39-15(2)33)23(40-16(3)34)24(41-17(4)35)25(42-19)31-12-18(28-29-31)11-30(20(36)10-27)9-8-21(37)43-26(5,6)7/h12,19,22-25H,8-11,13H2,1-7H3/t19-,22+,23+,24-,25-/m1/s1. The molecule has 0 unspecified atom stereocenters. The number of hydrogen-bond acceptors (Lipinski definition) is 14. The zero-order valence-electron chi connectivity index (χ0n) is 25.1. The summed E-state index contributed by atoms with van der Waals surface area (Å²) in [6, 6.07) is 0. The Kier molecular flexibility index (Phi) is 12.9. The van der Waals surface area contributed by atoms with Gasteiger partial charge in [-0.15, -0.1) is 16.7 Å². The quantitative estimate of drug-likeness (QED) is 0.179. The number of rotatable bonds is 12. The van der Waals surface area contributed by atoms with Gasteiger partial charge in [0.25, 0.3) is 0 Å². The van der Waals surface area contributed by atoms with Crippen LogP contribution in [0.25, 0.3) is 0 Å². The van der Waals surface area contributed by atoms with E-state index in [9.17, 15) is 28.8 Å². The van der Waals surface area contributed by atoms with Gasteiger partial charge in [-0.2, -0.15) is 0 Å². The summed E-state index contributed by atoms with van der Waals surface area (Å²) in [5, 5.41) is 8.10. The molecule has 2 heterocycles. The van der Waals surface area contributed by atoms with Crippen molar-refractivity contribution in [1.29, 1.82) is 0 Å². The van der Waals surface area contributed by atoms with Gasteiger partial charge < -0.3 is 33.3 Å². The molecule has 0 aliphatic carbocycles. The zero-order chi connectivity index (χ0) is 32.5. The maximum atomic E-state index is 12.5. The maximum Gasteiger partial charge on any atom is 0.308 e. The predicted octanol–water partition coefficient (Wildman–Crippen LogP) is 0.833. The van der Waals surface area contributed by atoms with E-state index in [-0.39, 0.29) is 31.1 Å². The van der Waals surface area contributed by atoms with Crippen molar-refractivity contribution >= 4 is 47.4 Å². The maximum absolute atomic E-state index is 12.5. The fourth-order valence-electron chi connectivity index (χ4n) is 4.12. The molecule has 0 N–H and O–H groups in total. The van der Waals surface area contributed by atoms with E-state index in [0.29, 0.717) is 0 Å². The van der Waals surface area contributed by atoms with E-state index in [2.05, 4.69) is 10.3 Å². The smallest absolute Gasteiger partial charge is 0.308 e. The molecule has 0 saturated carbocycles. The van der Waals surface area contributed by atoms with Crippen LogP contribution in [0.15, 0.2) is 6.20 Å². The lowest BCUT2D eigenvalue weighted by Crippen LogP contribution is -2.60. The minimum absolute atomic E-state index is 0.0215. The van der Waals surface area contributed by atoms with Crippen molar-refractivity contribution in [3.63, 3.8) is 0 Å². The Bertz CT molecular complexity index is 1180. The molecule has 0 spiro atoms. The molecule has 1 amide bonds. The fourth-order valence-corrected chi connectivity index (χ4v) is 4.29. The third-order valence-corrected chi connectivity index (χ3v) is 5.84. The van der Waals surface area contributed by atoms with Crippen molar-refractivity contribution in [2.24, 2.45) is 0 Å². The van der Waals surface area contributed by atoms with Crippen LogP contribution in [0.5, 0.6) is 0 Å². The second kappa shape index (κ2) is 15.6. The third kappa shape index (κ3) is 11.4. The average Bonchev–Trinajstić information content (AvgIpc) is 3.33. The molecule has 1 aromatic heterocycles. The minimum Gasteiger partial charge on any atom is -0.463 e. The highest BCUT2D eigenvalue weighted by Gasteiger charge is 2.53. The number of amides is 1. The fraction of sp³-hybridized carbons (Fsp3) is 0.692. The van der Waals surface area contributed by atoms with Gasteiger partial charge in [0.05, 0.1) is 19.2 Å². The van der Waals surface area contributed by atoms with Crippen LogP contribution in [0.2, 0.25) is 0 Å². The molecule has 43 heavy (non-hydrogen) atoms. The number of ether oxygens (including phenoxy) is 6. The molecule has 16 nitrogen and oxygen atoms in total. The van der Waals surface area contributed by atoms with E-state index in [1.165, 1.54) is 11.1 Å². The Morgan fingerprint density at radius 2 is 1.51 bits per heavy atom. The van der Waals surface area contributed by atoms with Crippen molar-refractivity contribution in [3.8, 4) is 0 Å². The van der Waals surface area contributed by atoms with E-state index >= 15 is 0 Å². The highest BCUT2D eigenvalue weighted by molar-refractivity contribution is 6.27. The molecule has 0 bridgehead atoms. The van der Waals surface area contributed by atoms with E-state index < -0.39 is 78.6 Å². The van der Waals surface area contributed by atoms with Crippen LogP contribution >= 0.6 is 11.6 Å². The lowest BCUT2D eigenvalue weighted by Gasteiger charge is -2.44. The third-order valence-electron chi connectivity index (χ3n) is 5.61. The number of nitrogens with zero attached hydrogens (tertiary/aromatic N) is 4. The number of carbonyl (C=O) groups is 6. The van der Waals surface area contributed by atoms with Gasteiger partial charge in [0.1, 0.15) is 29.9 Å². The molecule has 1 saturated heterocycles. The monoisotopic (exact) mass is 632 g/mol. The molecule has 1 fully saturated rings. The van der Waals surface area contributed by atoms with Crippen molar-refractivity contribution in [2.45, 2.75) is 97.7 Å². The summed E-state index contributed by atoms with van der Waals surface area (Å²) in [5.41, 5.74) is -0.471. The normalized spacial score (nSPS) is 21.7. The summed E-state index contributed by atoms with van der Waals surface area (Å²) in [4.78, 5) is 73.6. The Labute approximate surface area is 253 Å². The van der Waals surface area contributed by atoms with Crippen LogP contribution in [-0.4, -0.2) is 105 Å². The van der Waals surface area contributed by atoms with Crippen LogP contribution < -0.4 is 0 Å². The molecule has 1 aliphatic heterocycles. The summed E-state index contributed by atoms with van der Waals surface area (Å²) in [5.74, 6) is -4.35. The van der Waals surface area contributed by atoms with Gasteiger partial charge in [-0.1, -0.05) is 5.21 Å². The molecule has 240 valence electrons. The number of alkyl halides is 1. The Hall–Kier alpha value is -3.79. The molecule has 1 aromatic rings. The minimum atomic E-state index is -1.40. The lowest BCUT2D eigenvalue weighted by molar-refractivity contribution is -0.270. The topological polar surface area (TPSA) is 192 Å². The van der Waals surface area contributed by atoms with Gasteiger partial charge in [0, 0.05) is 34.2 Å². The largest absolute Gasteiger partial charge is 0.463 e. The molecule has 1 aliphatic rings. The summed E-state index contributed by atoms with van der Waals surface area (Å²) < 4.78 is 33.8. The Morgan fingerprint density at radius 1 is 0.930 bits per heavy atom. The highest BCUT2D eigenvalue weighted by Crippen LogP contribution is 2.34. The summed E-state index contributed by atoms with van der Waals surface area (Å²) in [7, 11) is 0. The van der Waals surface area contributed by atoms with E-state index in [1.54, 1.807) is 20.8 Å². The van der Waals surface area contributed by atoms with Gasteiger partial charge in [0.15, 0.2) is 24.5 Å². The summed E-state index contributed by atoms with van der Waals surface area (Å²) in [6.07, 6.45) is -5.38. The average molecular weight is 633 g/mol.